The van der Waals surface area contributed by atoms with Crippen LogP contribution in [0, 0.1) is 6.92 Å². The van der Waals surface area contributed by atoms with Gasteiger partial charge < -0.3 is 4.74 Å². The van der Waals surface area contributed by atoms with Gasteiger partial charge >= 0.3 is 5.97 Å². The number of halogens is 2. The van der Waals surface area contributed by atoms with Gasteiger partial charge in [-0.25, -0.2) is 13.2 Å². The molecular formula is C12H12BrClO4S. The van der Waals surface area contributed by atoms with Crippen LogP contribution in [-0.2, 0) is 13.8 Å². The van der Waals surface area contributed by atoms with Crippen LogP contribution in [0.1, 0.15) is 35.2 Å². The van der Waals surface area contributed by atoms with E-state index in [9.17, 15) is 13.2 Å². The maximum atomic E-state index is 12.0. The molecule has 4 nitrogen and oxygen atoms in total. The Balaban J connectivity index is 2.37. The highest BCUT2D eigenvalue weighted by Gasteiger charge is 2.25. The van der Waals surface area contributed by atoms with Crippen molar-refractivity contribution in [2.75, 3.05) is 0 Å². The second kappa shape index (κ2) is 5.42. The molecule has 7 heteroatoms. The van der Waals surface area contributed by atoms with Crippen LogP contribution in [0.3, 0.4) is 0 Å². The standard InChI is InChI=1S/C12H12BrClO4S/c1-7-10(12(15)18-8-3-2-4-8)5-9(6-11(7)13)19(14,16)17/h5-6,8H,2-4H2,1H3. The fourth-order valence-corrected chi connectivity index (χ4v) is 3.11. The summed E-state index contributed by atoms with van der Waals surface area (Å²) < 4.78 is 28.5. The Kier molecular flexibility index (Phi) is 4.23. The average molecular weight is 368 g/mol. The summed E-state index contributed by atoms with van der Waals surface area (Å²) in [6, 6.07) is 2.63. The van der Waals surface area contributed by atoms with E-state index in [1.54, 1.807) is 6.92 Å². The van der Waals surface area contributed by atoms with E-state index in [1.807, 2.05) is 0 Å². The predicted octanol–water partition coefficient (Wildman–Crippen LogP) is 3.39. The zero-order valence-corrected chi connectivity index (χ0v) is 13.3. The Bertz CT molecular complexity index is 623. The maximum Gasteiger partial charge on any atom is 0.338 e. The molecule has 19 heavy (non-hydrogen) atoms. The number of hydrogen-bond donors (Lipinski definition) is 0. The molecule has 0 unspecified atom stereocenters. The molecule has 0 heterocycles. The Morgan fingerprint density at radius 3 is 2.53 bits per heavy atom. The summed E-state index contributed by atoms with van der Waals surface area (Å²) in [7, 11) is 1.42. The molecule has 0 saturated heterocycles. The minimum atomic E-state index is -3.88. The minimum Gasteiger partial charge on any atom is -0.459 e. The van der Waals surface area contributed by atoms with Crippen LogP contribution in [0.25, 0.3) is 0 Å². The van der Waals surface area contributed by atoms with Crippen LogP contribution in [-0.4, -0.2) is 20.5 Å². The number of esters is 1. The molecule has 1 aliphatic carbocycles. The number of rotatable bonds is 3. The fourth-order valence-electron chi connectivity index (χ4n) is 1.71. The molecule has 1 fully saturated rings. The molecule has 1 aromatic carbocycles. The molecule has 0 atom stereocenters. The summed E-state index contributed by atoms with van der Waals surface area (Å²) in [4.78, 5) is 11.9. The highest BCUT2D eigenvalue weighted by molar-refractivity contribution is 9.10. The normalized spacial score (nSPS) is 15.9. The molecule has 1 aromatic rings. The summed E-state index contributed by atoms with van der Waals surface area (Å²) in [5.41, 5.74) is 0.855. The zero-order valence-electron chi connectivity index (χ0n) is 10.2. The first-order chi connectivity index (χ1) is 8.79. The summed E-state index contributed by atoms with van der Waals surface area (Å²) in [5, 5.41) is 0. The van der Waals surface area contributed by atoms with Crippen molar-refractivity contribution >= 4 is 41.6 Å². The molecule has 0 radical (unpaired) electrons. The van der Waals surface area contributed by atoms with Crippen molar-refractivity contribution < 1.29 is 17.9 Å². The second-order valence-electron chi connectivity index (χ2n) is 4.47. The average Bonchev–Trinajstić information content (AvgIpc) is 2.25. The van der Waals surface area contributed by atoms with Gasteiger partial charge in [-0.3, -0.25) is 0 Å². The number of hydrogen-bond acceptors (Lipinski definition) is 4. The van der Waals surface area contributed by atoms with Gasteiger partial charge in [-0.05, 0) is 43.9 Å². The van der Waals surface area contributed by atoms with E-state index < -0.39 is 15.0 Å². The van der Waals surface area contributed by atoms with Crippen molar-refractivity contribution in [3.8, 4) is 0 Å². The molecule has 104 valence electrons. The molecule has 0 aromatic heterocycles. The van der Waals surface area contributed by atoms with E-state index >= 15 is 0 Å². The van der Waals surface area contributed by atoms with Gasteiger partial charge in [0.15, 0.2) is 0 Å². The highest BCUT2D eigenvalue weighted by Crippen LogP contribution is 2.29. The zero-order chi connectivity index (χ0) is 14.2. The molecule has 0 spiro atoms. The van der Waals surface area contributed by atoms with Crippen molar-refractivity contribution in [3.05, 3.63) is 27.7 Å². The molecule has 1 saturated carbocycles. The molecular weight excluding hydrogens is 356 g/mol. The third-order valence-electron chi connectivity index (χ3n) is 3.15. The molecule has 0 bridgehead atoms. The number of carbonyl (C=O) groups excluding carboxylic acids is 1. The van der Waals surface area contributed by atoms with Crippen LogP contribution < -0.4 is 0 Å². The van der Waals surface area contributed by atoms with Crippen LogP contribution in [0.2, 0.25) is 0 Å². The van der Waals surface area contributed by atoms with Crippen LogP contribution in [0.15, 0.2) is 21.5 Å². The number of ether oxygens (including phenoxy) is 1. The van der Waals surface area contributed by atoms with Crippen molar-refractivity contribution in [1.29, 1.82) is 0 Å². The number of carbonyl (C=O) groups is 1. The lowest BCUT2D eigenvalue weighted by molar-refractivity contribution is 0.00889. The predicted molar refractivity (Wildman–Crippen MR) is 75.0 cm³/mol. The van der Waals surface area contributed by atoms with Gasteiger partial charge in [0.25, 0.3) is 9.05 Å². The lowest BCUT2D eigenvalue weighted by Gasteiger charge is -2.25. The van der Waals surface area contributed by atoms with Crippen LogP contribution in [0.5, 0.6) is 0 Å². The third kappa shape index (κ3) is 3.30. The quantitative estimate of drug-likeness (QED) is 0.607. The maximum absolute atomic E-state index is 12.0. The van der Waals surface area contributed by atoms with Crippen molar-refractivity contribution in [2.24, 2.45) is 0 Å². The molecule has 1 aliphatic rings. The van der Waals surface area contributed by atoms with Gasteiger partial charge in [-0.1, -0.05) is 15.9 Å². The monoisotopic (exact) mass is 366 g/mol. The van der Waals surface area contributed by atoms with E-state index in [1.165, 1.54) is 12.1 Å². The smallest absolute Gasteiger partial charge is 0.338 e. The molecule has 2 rings (SSSR count). The second-order valence-corrected chi connectivity index (χ2v) is 7.89. The Morgan fingerprint density at radius 2 is 2.05 bits per heavy atom. The highest BCUT2D eigenvalue weighted by atomic mass is 79.9. The van der Waals surface area contributed by atoms with E-state index in [0.717, 1.165) is 19.3 Å². The van der Waals surface area contributed by atoms with Gasteiger partial charge in [0, 0.05) is 15.2 Å². The van der Waals surface area contributed by atoms with Gasteiger partial charge in [-0.2, -0.15) is 0 Å². The fraction of sp³-hybridized carbons (Fsp3) is 0.417. The van der Waals surface area contributed by atoms with Gasteiger partial charge in [0.05, 0.1) is 10.5 Å². The van der Waals surface area contributed by atoms with Crippen molar-refractivity contribution in [2.45, 2.75) is 37.2 Å². The van der Waals surface area contributed by atoms with Crippen LogP contribution >= 0.6 is 26.6 Å². The minimum absolute atomic E-state index is 0.0538. The Labute approximate surface area is 124 Å². The Hall–Kier alpha value is -0.590. The number of benzene rings is 1. The van der Waals surface area contributed by atoms with E-state index in [2.05, 4.69) is 15.9 Å². The largest absolute Gasteiger partial charge is 0.459 e. The van der Waals surface area contributed by atoms with E-state index in [4.69, 9.17) is 15.4 Å². The Morgan fingerprint density at radius 1 is 1.42 bits per heavy atom. The molecule has 0 aliphatic heterocycles. The first kappa shape index (κ1) is 14.8. The van der Waals surface area contributed by atoms with Gasteiger partial charge in [-0.15, -0.1) is 0 Å². The topological polar surface area (TPSA) is 60.4 Å². The van der Waals surface area contributed by atoms with Gasteiger partial charge in [0.1, 0.15) is 6.10 Å². The van der Waals surface area contributed by atoms with Gasteiger partial charge in [0.2, 0.25) is 0 Å². The lowest BCUT2D eigenvalue weighted by Crippen LogP contribution is -2.25. The summed E-state index contributed by atoms with van der Waals surface area (Å²) in [6.07, 6.45) is 2.72. The lowest BCUT2D eigenvalue weighted by atomic mass is 9.96. The van der Waals surface area contributed by atoms with Crippen LogP contribution in [0.4, 0.5) is 0 Å². The first-order valence-electron chi connectivity index (χ1n) is 5.75. The van der Waals surface area contributed by atoms with Crippen molar-refractivity contribution in [3.63, 3.8) is 0 Å². The summed E-state index contributed by atoms with van der Waals surface area (Å²) in [6.45, 7) is 1.71. The summed E-state index contributed by atoms with van der Waals surface area (Å²) in [5.74, 6) is -0.509. The molecule has 0 amide bonds. The summed E-state index contributed by atoms with van der Waals surface area (Å²) >= 11 is 3.22. The van der Waals surface area contributed by atoms with E-state index in [0.29, 0.717) is 10.0 Å². The third-order valence-corrected chi connectivity index (χ3v) is 5.30. The van der Waals surface area contributed by atoms with Crippen molar-refractivity contribution in [1.82, 2.24) is 0 Å². The van der Waals surface area contributed by atoms with E-state index in [-0.39, 0.29) is 16.6 Å². The molecule has 0 N–H and O–H groups in total. The SMILES string of the molecule is Cc1c(Br)cc(S(=O)(=O)Cl)cc1C(=O)OC1CCC1. The first-order valence-corrected chi connectivity index (χ1v) is 8.85.